The van der Waals surface area contributed by atoms with Gasteiger partial charge in [-0.1, -0.05) is 12.1 Å². The smallest absolute Gasteiger partial charge is 0.215 e. The van der Waals surface area contributed by atoms with Gasteiger partial charge in [0.1, 0.15) is 24.1 Å². The number of aromatic nitrogens is 3. The maximum absolute atomic E-state index is 14.1. The first kappa shape index (κ1) is 23.3. The van der Waals surface area contributed by atoms with Crippen molar-refractivity contribution in [3.63, 3.8) is 0 Å². The lowest BCUT2D eigenvalue weighted by Crippen LogP contribution is -2.48. The average Bonchev–Trinajstić information content (AvgIpc) is 3.33. The van der Waals surface area contributed by atoms with Crippen LogP contribution in [0.4, 0.5) is 10.2 Å². The molecule has 2 aliphatic rings. The fourth-order valence-electron chi connectivity index (χ4n) is 4.54. The first-order chi connectivity index (χ1) is 17.1. The monoisotopic (exact) mass is 476 g/mol. The number of benzene rings is 1. The maximum atomic E-state index is 14.1. The first-order valence-electron chi connectivity index (χ1n) is 12.0. The fraction of sp³-hybridized carbons (Fsp3) is 0.423. The van der Waals surface area contributed by atoms with Crippen LogP contribution in [0.2, 0.25) is 0 Å². The van der Waals surface area contributed by atoms with Crippen molar-refractivity contribution >= 4 is 5.82 Å². The zero-order valence-corrected chi connectivity index (χ0v) is 19.8. The van der Waals surface area contributed by atoms with E-state index in [1.807, 2.05) is 30.6 Å². The number of halogens is 1. The summed E-state index contributed by atoms with van der Waals surface area (Å²) in [4.78, 5) is 14.0. The molecule has 0 bridgehead atoms. The minimum atomic E-state index is -0.453. The van der Waals surface area contributed by atoms with Crippen molar-refractivity contribution in [1.29, 1.82) is 5.26 Å². The fourth-order valence-corrected chi connectivity index (χ4v) is 4.54. The van der Waals surface area contributed by atoms with E-state index >= 15 is 0 Å². The molecule has 5 rings (SSSR count). The highest BCUT2D eigenvalue weighted by Crippen LogP contribution is 2.25. The number of nitriles is 1. The van der Waals surface area contributed by atoms with Crippen molar-refractivity contribution < 1.29 is 13.9 Å². The molecule has 3 aromatic rings. The van der Waals surface area contributed by atoms with Gasteiger partial charge in [-0.2, -0.15) is 10.2 Å². The molecule has 0 spiro atoms. The summed E-state index contributed by atoms with van der Waals surface area (Å²) >= 11 is 0. The van der Waals surface area contributed by atoms with E-state index in [9.17, 15) is 4.39 Å². The largest absolute Gasteiger partial charge is 0.473 e. The molecule has 0 unspecified atom stereocenters. The van der Waals surface area contributed by atoms with Crippen LogP contribution in [0.3, 0.4) is 0 Å². The Balaban J connectivity index is 1.17. The van der Waals surface area contributed by atoms with Crippen molar-refractivity contribution in [3.05, 3.63) is 71.6 Å². The minimum absolute atomic E-state index is 0.0534. The van der Waals surface area contributed by atoms with Gasteiger partial charge in [0.25, 0.3) is 0 Å². The van der Waals surface area contributed by atoms with Gasteiger partial charge in [-0.25, -0.2) is 9.37 Å². The summed E-state index contributed by atoms with van der Waals surface area (Å²) in [6, 6.07) is 12.2. The summed E-state index contributed by atoms with van der Waals surface area (Å²) in [7, 11) is 0. The van der Waals surface area contributed by atoms with Crippen LogP contribution in [-0.2, 0) is 17.9 Å². The van der Waals surface area contributed by atoms with Gasteiger partial charge < -0.3 is 18.9 Å². The Morgan fingerprint density at radius 1 is 1.23 bits per heavy atom. The van der Waals surface area contributed by atoms with Gasteiger partial charge in [-0.15, -0.1) is 0 Å². The molecule has 8 nitrogen and oxygen atoms in total. The Hall–Kier alpha value is -3.48. The van der Waals surface area contributed by atoms with Gasteiger partial charge in [-0.3, -0.25) is 4.90 Å². The van der Waals surface area contributed by atoms with Crippen molar-refractivity contribution in [2.24, 2.45) is 0 Å². The molecule has 182 valence electrons. The van der Waals surface area contributed by atoms with Crippen molar-refractivity contribution in [2.75, 3.05) is 37.7 Å². The number of rotatable bonds is 8. The maximum Gasteiger partial charge on any atom is 0.215 e. The van der Waals surface area contributed by atoms with Crippen LogP contribution in [0.25, 0.3) is 0 Å². The van der Waals surface area contributed by atoms with Crippen LogP contribution in [-0.4, -0.2) is 58.3 Å². The van der Waals surface area contributed by atoms with E-state index in [1.54, 1.807) is 18.2 Å². The third-order valence-corrected chi connectivity index (χ3v) is 6.77. The molecule has 2 atom stereocenters. The standard InChI is InChI=1S/C26H29FN6O2/c1-19(26-29-8-9-33(26)17-22-7-14-34-22)31-10-12-32(13-11-31)24-3-2-4-25(30-24)35-18-21-6-5-20(16-28)15-23(21)27/h2-6,8-9,15,19,22H,7,10-14,17-18H2,1H3/t19-,22-/m0/s1. The van der Waals surface area contributed by atoms with E-state index < -0.39 is 5.82 Å². The molecule has 0 amide bonds. The molecule has 2 fully saturated rings. The third kappa shape index (κ3) is 5.29. The predicted molar refractivity (Wildman–Crippen MR) is 128 cm³/mol. The second-order valence-electron chi connectivity index (χ2n) is 8.96. The second-order valence-corrected chi connectivity index (χ2v) is 8.96. The zero-order valence-electron chi connectivity index (χ0n) is 19.8. The number of nitrogens with zero attached hydrogens (tertiary/aromatic N) is 6. The summed E-state index contributed by atoms with van der Waals surface area (Å²) < 4.78 is 27.7. The summed E-state index contributed by atoms with van der Waals surface area (Å²) in [5.74, 6) is 1.92. The van der Waals surface area contributed by atoms with Crippen molar-refractivity contribution in [1.82, 2.24) is 19.4 Å². The molecule has 0 saturated carbocycles. The first-order valence-corrected chi connectivity index (χ1v) is 12.0. The van der Waals surface area contributed by atoms with Crippen molar-refractivity contribution in [3.8, 4) is 11.9 Å². The number of hydrogen-bond donors (Lipinski definition) is 0. The number of hydrogen-bond acceptors (Lipinski definition) is 7. The number of imidazole rings is 1. The number of ether oxygens (including phenoxy) is 2. The van der Waals surface area contributed by atoms with Gasteiger partial charge in [-0.05, 0) is 31.5 Å². The summed E-state index contributed by atoms with van der Waals surface area (Å²) in [6.45, 7) is 7.48. The predicted octanol–water partition coefficient (Wildman–Crippen LogP) is 3.54. The Kier molecular flexibility index (Phi) is 6.93. The molecule has 9 heteroatoms. The van der Waals surface area contributed by atoms with Gasteiger partial charge >= 0.3 is 0 Å². The number of anilines is 1. The Labute approximate surface area is 204 Å². The molecular weight excluding hydrogens is 447 g/mol. The lowest BCUT2D eigenvalue weighted by atomic mass is 10.1. The van der Waals surface area contributed by atoms with Crippen LogP contribution in [0, 0.1) is 17.1 Å². The highest BCUT2D eigenvalue weighted by atomic mass is 19.1. The van der Waals surface area contributed by atoms with Gasteiger partial charge in [0.2, 0.25) is 5.88 Å². The molecule has 2 aliphatic heterocycles. The van der Waals surface area contributed by atoms with Crippen LogP contribution in [0.1, 0.15) is 36.3 Å². The van der Waals surface area contributed by atoms with E-state index in [1.165, 1.54) is 6.07 Å². The van der Waals surface area contributed by atoms with Gasteiger partial charge in [0.15, 0.2) is 0 Å². The molecule has 0 radical (unpaired) electrons. The second kappa shape index (κ2) is 10.4. The van der Waals surface area contributed by atoms with Crippen LogP contribution >= 0.6 is 0 Å². The zero-order chi connectivity index (χ0) is 24.2. The SMILES string of the molecule is C[C@@H](c1nccn1C[C@@H]1CCO1)N1CCN(c2cccc(OCc3ccc(C#N)cc3F)n2)CC1. The minimum Gasteiger partial charge on any atom is -0.473 e. The average molecular weight is 477 g/mol. The van der Waals surface area contributed by atoms with E-state index in [2.05, 4.69) is 31.3 Å². The molecule has 2 aromatic heterocycles. The van der Waals surface area contributed by atoms with Gasteiger partial charge in [0.05, 0.1) is 30.3 Å². The highest BCUT2D eigenvalue weighted by Gasteiger charge is 2.27. The van der Waals surface area contributed by atoms with Crippen molar-refractivity contribution in [2.45, 2.75) is 38.6 Å². The third-order valence-electron chi connectivity index (χ3n) is 6.77. The van der Waals surface area contributed by atoms with Gasteiger partial charge in [0, 0.05) is 56.8 Å². The number of pyridine rings is 1. The van der Waals surface area contributed by atoms with E-state index in [0.717, 1.165) is 57.4 Å². The van der Waals surface area contributed by atoms with E-state index in [0.29, 0.717) is 17.5 Å². The molecule has 0 N–H and O–H groups in total. The quantitative estimate of drug-likeness (QED) is 0.492. The summed E-state index contributed by atoms with van der Waals surface area (Å²) in [5.41, 5.74) is 0.678. The van der Waals surface area contributed by atoms with Crippen LogP contribution in [0.15, 0.2) is 48.8 Å². The molecule has 0 aliphatic carbocycles. The molecule has 4 heterocycles. The molecule has 1 aromatic carbocycles. The molecule has 35 heavy (non-hydrogen) atoms. The Morgan fingerprint density at radius 3 is 2.77 bits per heavy atom. The summed E-state index contributed by atoms with van der Waals surface area (Å²) in [6.07, 6.45) is 5.34. The van der Waals surface area contributed by atoms with E-state index in [4.69, 9.17) is 14.7 Å². The highest BCUT2D eigenvalue weighted by molar-refractivity contribution is 5.41. The summed E-state index contributed by atoms with van der Waals surface area (Å²) in [5, 5.41) is 8.89. The Bertz CT molecular complexity index is 1200. The molecular formula is C26H29FN6O2. The molecule has 2 saturated heterocycles. The normalized spacial score (nSPS) is 19.1. The topological polar surface area (TPSA) is 79.4 Å². The van der Waals surface area contributed by atoms with Crippen LogP contribution < -0.4 is 9.64 Å². The lowest BCUT2D eigenvalue weighted by Gasteiger charge is -2.38. The lowest BCUT2D eigenvalue weighted by molar-refractivity contribution is -0.0599. The van der Waals surface area contributed by atoms with Crippen LogP contribution in [0.5, 0.6) is 5.88 Å². The Morgan fingerprint density at radius 2 is 2.06 bits per heavy atom. The van der Waals surface area contributed by atoms with E-state index in [-0.39, 0.29) is 18.2 Å². The number of piperazine rings is 1.